The molecule has 0 aliphatic heterocycles. The zero-order chi connectivity index (χ0) is 18.9. The lowest BCUT2D eigenvalue weighted by Crippen LogP contribution is -2.26. The molecule has 0 saturated carbocycles. The van der Waals surface area contributed by atoms with E-state index in [0.717, 1.165) is 12.8 Å². The van der Waals surface area contributed by atoms with Gasteiger partial charge in [0, 0.05) is 12.6 Å². The van der Waals surface area contributed by atoms with Gasteiger partial charge in [-0.2, -0.15) is 0 Å². The average Bonchev–Trinajstić information content (AvgIpc) is 2.67. The van der Waals surface area contributed by atoms with Gasteiger partial charge in [-0.25, -0.2) is 0 Å². The van der Waals surface area contributed by atoms with Crippen molar-refractivity contribution in [3.8, 4) is 11.5 Å². The predicted octanol–water partition coefficient (Wildman–Crippen LogP) is 3.49. The molecule has 2 N–H and O–H groups in total. The summed E-state index contributed by atoms with van der Waals surface area (Å²) in [5.74, 6) is 0.412. The summed E-state index contributed by atoms with van der Waals surface area (Å²) >= 11 is 0. The van der Waals surface area contributed by atoms with Crippen molar-refractivity contribution in [3.63, 3.8) is 0 Å². The van der Waals surface area contributed by atoms with Crippen molar-refractivity contribution in [2.24, 2.45) is 0 Å². The Bertz CT molecular complexity index is 774. The maximum absolute atomic E-state index is 12.7. The molecule has 138 valence electrons. The molecule has 0 spiro atoms. The second kappa shape index (κ2) is 9.46. The van der Waals surface area contributed by atoms with Crippen molar-refractivity contribution in [2.45, 2.75) is 19.8 Å². The van der Waals surface area contributed by atoms with Crippen LogP contribution in [0.2, 0.25) is 0 Å². The van der Waals surface area contributed by atoms with Crippen LogP contribution < -0.4 is 20.1 Å². The molecule has 0 radical (unpaired) electrons. The number of para-hydroxylation sites is 1. The molecule has 0 atom stereocenters. The first-order valence-electron chi connectivity index (χ1n) is 8.51. The Labute approximate surface area is 153 Å². The number of amides is 2. The number of hydrogen-bond donors (Lipinski definition) is 2. The first-order chi connectivity index (χ1) is 12.6. The van der Waals surface area contributed by atoms with Crippen LogP contribution in [-0.4, -0.2) is 32.6 Å². The van der Waals surface area contributed by atoms with Crippen LogP contribution in [0.4, 0.5) is 5.69 Å². The number of hydrogen-bond acceptors (Lipinski definition) is 4. The van der Waals surface area contributed by atoms with E-state index in [1.807, 2.05) is 0 Å². The van der Waals surface area contributed by atoms with E-state index in [1.54, 1.807) is 49.6 Å². The maximum atomic E-state index is 12.7. The third kappa shape index (κ3) is 4.75. The molecule has 0 fully saturated rings. The topological polar surface area (TPSA) is 76.7 Å². The van der Waals surface area contributed by atoms with Gasteiger partial charge in [-0.3, -0.25) is 9.59 Å². The van der Waals surface area contributed by atoms with Crippen LogP contribution in [0.1, 0.15) is 40.5 Å². The SMILES string of the molecule is CCCCNC(=O)c1ccccc1NC(=O)c1ccc(OC)cc1OC. The van der Waals surface area contributed by atoms with Gasteiger partial charge >= 0.3 is 0 Å². The lowest BCUT2D eigenvalue weighted by atomic mass is 10.1. The van der Waals surface area contributed by atoms with Gasteiger partial charge in [0.2, 0.25) is 0 Å². The van der Waals surface area contributed by atoms with Crippen molar-refractivity contribution in [1.29, 1.82) is 0 Å². The molecule has 2 amide bonds. The van der Waals surface area contributed by atoms with Crippen LogP contribution in [0, 0.1) is 0 Å². The molecule has 2 aromatic rings. The molecule has 0 bridgehead atoms. The van der Waals surface area contributed by atoms with E-state index >= 15 is 0 Å². The maximum Gasteiger partial charge on any atom is 0.259 e. The highest BCUT2D eigenvalue weighted by molar-refractivity contribution is 6.10. The van der Waals surface area contributed by atoms with Crippen molar-refractivity contribution in [1.82, 2.24) is 5.32 Å². The third-order valence-electron chi connectivity index (χ3n) is 3.89. The standard InChI is InChI=1S/C20H24N2O4/c1-4-5-12-21-19(23)15-8-6-7-9-17(15)22-20(24)16-11-10-14(25-2)13-18(16)26-3/h6-11,13H,4-5,12H2,1-3H3,(H,21,23)(H,22,24). The van der Waals surface area contributed by atoms with Gasteiger partial charge in [-0.05, 0) is 30.7 Å². The largest absolute Gasteiger partial charge is 0.497 e. The smallest absolute Gasteiger partial charge is 0.259 e. The number of methoxy groups -OCH3 is 2. The predicted molar refractivity (Wildman–Crippen MR) is 101 cm³/mol. The number of carbonyl (C=O) groups is 2. The number of unbranched alkanes of at least 4 members (excludes halogenated alkanes) is 1. The molecule has 6 heteroatoms. The number of anilines is 1. The molecule has 0 heterocycles. The van der Waals surface area contributed by atoms with E-state index < -0.39 is 0 Å². The number of benzene rings is 2. The normalized spacial score (nSPS) is 10.1. The fourth-order valence-electron chi connectivity index (χ4n) is 2.44. The zero-order valence-electron chi connectivity index (χ0n) is 15.3. The van der Waals surface area contributed by atoms with Gasteiger partial charge in [0.1, 0.15) is 11.5 Å². The van der Waals surface area contributed by atoms with Gasteiger partial charge in [0.05, 0.1) is 31.0 Å². The molecule has 6 nitrogen and oxygen atoms in total. The van der Waals surface area contributed by atoms with Crippen LogP contribution >= 0.6 is 0 Å². The van der Waals surface area contributed by atoms with Crippen LogP contribution in [-0.2, 0) is 0 Å². The molecule has 2 rings (SSSR count). The van der Waals surface area contributed by atoms with Gasteiger partial charge in [0.15, 0.2) is 0 Å². The summed E-state index contributed by atoms with van der Waals surface area (Å²) < 4.78 is 10.4. The van der Waals surface area contributed by atoms with E-state index in [2.05, 4.69) is 17.6 Å². The molecule has 26 heavy (non-hydrogen) atoms. The number of carbonyl (C=O) groups excluding carboxylic acids is 2. The van der Waals surface area contributed by atoms with Crippen LogP contribution in [0.25, 0.3) is 0 Å². The van der Waals surface area contributed by atoms with Crippen LogP contribution in [0.15, 0.2) is 42.5 Å². The lowest BCUT2D eigenvalue weighted by molar-refractivity contribution is 0.0954. The van der Waals surface area contributed by atoms with Crippen molar-refractivity contribution in [2.75, 3.05) is 26.1 Å². The first kappa shape index (κ1) is 19.3. The summed E-state index contributed by atoms with van der Waals surface area (Å²) in [4.78, 5) is 25.0. The second-order valence-electron chi connectivity index (χ2n) is 5.68. The minimum absolute atomic E-state index is 0.212. The second-order valence-corrected chi connectivity index (χ2v) is 5.68. The van der Waals surface area contributed by atoms with E-state index in [-0.39, 0.29) is 11.8 Å². The summed E-state index contributed by atoms with van der Waals surface area (Å²) in [5, 5.41) is 5.65. The summed E-state index contributed by atoms with van der Waals surface area (Å²) in [6.45, 7) is 2.66. The highest BCUT2D eigenvalue weighted by Crippen LogP contribution is 2.26. The monoisotopic (exact) mass is 356 g/mol. The molecule has 0 aliphatic rings. The Kier molecular flexibility index (Phi) is 7.02. The van der Waals surface area contributed by atoms with Gasteiger partial charge in [-0.1, -0.05) is 25.5 Å². The fourth-order valence-corrected chi connectivity index (χ4v) is 2.44. The molecular formula is C20H24N2O4. The molecule has 0 aliphatic carbocycles. The van der Waals surface area contributed by atoms with E-state index in [0.29, 0.717) is 34.9 Å². The third-order valence-corrected chi connectivity index (χ3v) is 3.89. The zero-order valence-corrected chi connectivity index (χ0v) is 15.3. The Hall–Kier alpha value is -3.02. The Morgan fingerprint density at radius 3 is 2.42 bits per heavy atom. The summed E-state index contributed by atoms with van der Waals surface area (Å²) in [6, 6.07) is 11.9. The van der Waals surface area contributed by atoms with Gasteiger partial charge < -0.3 is 20.1 Å². The van der Waals surface area contributed by atoms with E-state index in [4.69, 9.17) is 9.47 Å². The summed E-state index contributed by atoms with van der Waals surface area (Å²) in [5.41, 5.74) is 1.23. The van der Waals surface area contributed by atoms with Crippen LogP contribution in [0.3, 0.4) is 0 Å². The summed E-state index contributed by atoms with van der Waals surface area (Å²) in [7, 11) is 3.03. The van der Waals surface area contributed by atoms with Crippen LogP contribution in [0.5, 0.6) is 11.5 Å². The highest BCUT2D eigenvalue weighted by atomic mass is 16.5. The van der Waals surface area contributed by atoms with E-state index in [9.17, 15) is 9.59 Å². The minimum atomic E-state index is -0.363. The Morgan fingerprint density at radius 1 is 0.962 bits per heavy atom. The molecule has 2 aromatic carbocycles. The number of ether oxygens (including phenoxy) is 2. The number of rotatable bonds is 8. The van der Waals surface area contributed by atoms with Crippen molar-refractivity contribution >= 4 is 17.5 Å². The quantitative estimate of drug-likeness (QED) is 0.710. The Morgan fingerprint density at radius 2 is 1.73 bits per heavy atom. The summed E-state index contributed by atoms with van der Waals surface area (Å²) in [6.07, 6.45) is 1.90. The molecular weight excluding hydrogens is 332 g/mol. The molecule has 0 aromatic heterocycles. The lowest BCUT2D eigenvalue weighted by Gasteiger charge is -2.13. The molecule has 0 saturated heterocycles. The fraction of sp³-hybridized carbons (Fsp3) is 0.300. The van der Waals surface area contributed by atoms with Crippen molar-refractivity contribution in [3.05, 3.63) is 53.6 Å². The minimum Gasteiger partial charge on any atom is -0.497 e. The number of nitrogens with one attached hydrogen (secondary N) is 2. The highest BCUT2D eigenvalue weighted by Gasteiger charge is 2.17. The van der Waals surface area contributed by atoms with Gasteiger partial charge in [0.25, 0.3) is 11.8 Å². The van der Waals surface area contributed by atoms with E-state index in [1.165, 1.54) is 7.11 Å². The van der Waals surface area contributed by atoms with Crippen molar-refractivity contribution < 1.29 is 19.1 Å². The first-order valence-corrected chi connectivity index (χ1v) is 8.51. The van der Waals surface area contributed by atoms with Gasteiger partial charge in [-0.15, -0.1) is 0 Å². The average molecular weight is 356 g/mol. The molecule has 0 unspecified atom stereocenters. The Balaban J connectivity index is 2.21.